The number of alkyl halides is 5. The molecule has 0 spiro atoms. The smallest absolute Gasteiger partial charge is 0.428 e. The average molecular weight is 337 g/mol. The molecule has 0 radical (unpaired) electrons. The highest BCUT2D eigenvalue weighted by Gasteiger charge is 2.40. The second-order valence-electron chi connectivity index (χ2n) is 4.50. The van der Waals surface area contributed by atoms with Crippen molar-refractivity contribution in [3.8, 4) is 11.3 Å². The molecule has 1 N–H and O–H groups in total. The number of nitrogens with zero attached hydrogens (tertiary/aromatic N) is 1. The Labute approximate surface area is 125 Å². The van der Waals surface area contributed by atoms with E-state index in [0.717, 1.165) is 24.3 Å². The molecule has 0 aliphatic heterocycles. The summed E-state index contributed by atoms with van der Waals surface area (Å²) in [5, 5.41) is 8.99. The van der Waals surface area contributed by atoms with Crippen molar-refractivity contribution in [2.45, 2.75) is 19.0 Å². The standard InChI is InChI=1S/C13H8F5NO2S/c1-12(14,15)7-4-2-6(3-5-7)9-8(11(20)21)10(22-19-9)13(16,17)18/h2-5H,1H3,(H,20,21). The van der Waals surface area contributed by atoms with Gasteiger partial charge in [-0.15, -0.1) is 0 Å². The lowest BCUT2D eigenvalue weighted by molar-refractivity contribution is -0.134. The van der Waals surface area contributed by atoms with Crippen LogP contribution in [-0.4, -0.2) is 15.4 Å². The summed E-state index contributed by atoms with van der Waals surface area (Å²) in [6.45, 7) is 0.676. The molecule has 1 aromatic carbocycles. The van der Waals surface area contributed by atoms with E-state index in [9.17, 15) is 26.7 Å². The molecule has 118 valence electrons. The average Bonchev–Trinajstić information content (AvgIpc) is 2.82. The highest BCUT2D eigenvalue weighted by Crippen LogP contribution is 2.40. The van der Waals surface area contributed by atoms with Crippen LogP contribution in [0.5, 0.6) is 0 Å². The first-order chi connectivity index (χ1) is 10.0. The molecule has 0 aliphatic carbocycles. The van der Waals surface area contributed by atoms with Crippen LogP contribution >= 0.6 is 11.5 Å². The van der Waals surface area contributed by atoms with Crippen molar-refractivity contribution in [3.05, 3.63) is 40.3 Å². The largest absolute Gasteiger partial charge is 0.478 e. The molecule has 3 nitrogen and oxygen atoms in total. The van der Waals surface area contributed by atoms with E-state index >= 15 is 0 Å². The lowest BCUT2D eigenvalue weighted by atomic mass is 10.0. The second-order valence-corrected chi connectivity index (χ2v) is 5.28. The van der Waals surface area contributed by atoms with Crippen molar-refractivity contribution >= 4 is 17.5 Å². The molecule has 0 saturated heterocycles. The third-order valence-electron chi connectivity index (χ3n) is 2.83. The van der Waals surface area contributed by atoms with Gasteiger partial charge < -0.3 is 5.11 Å². The number of hydrogen-bond donors (Lipinski definition) is 1. The third kappa shape index (κ3) is 3.08. The lowest BCUT2D eigenvalue weighted by Crippen LogP contribution is -2.10. The highest BCUT2D eigenvalue weighted by molar-refractivity contribution is 7.06. The van der Waals surface area contributed by atoms with E-state index in [-0.39, 0.29) is 22.7 Å². The van der Waals surface area contributed by atoms with Gasteiger partial charge >= 0.3 is 12.1 Å². The van der Waals surface area contributed by atoms with Crippen LogP contribution < -0.4 is 0 Å². The Kier molecular flexibility index (Phi) is 3.94. The zero-order valence-corrected chi connectivity index (χ0v) is 11.7. The number of benzene rings is 1. The maximum absolute atomic E-state index is 13.1. The minimum atomic E-state index is -4.85. The Hall–Kier alpha value is -2.03. The summed E-state index contributed by atoms with van der Waals surface area (Å²) in [7, 11) is 0. The molecule has 9 heteroatoms. The predicted octanol–water partition coefficient (Wildman–Crippen LogP) is 4.64. The van der Waals surface area contributed by atoms with Crippen LogP contribution in [0.4, 0.5) is 22.0 Å². The maximum atomic E-state index is 13.1. The summed E-state index contributed by atoms with van der Waals surface area (Å²) in [5.41, 5.74) is -1.68. The highest BCUT2D eigenvalue weighted by atomic mass is 32.1. The minimum absolute atomic E-state index is 0.0120. The maximum Gasteiger partial charge on any atom is 0.428 e. The molecule has 1 aromatic heterocycles. The topological polar surface area (TPSA) is 50.2 Å². The molecule has 0 bridgehead atoms. The molecule has 0 saturated carbocycles. The molecule has 0 fully saturated rings. The van der Waals surface area contributed by atoms with Gasteiger partial charge in [-0.05, 0) is 11.5 Å². The summed E-state index contributed by atoms with van der Waals surface area (Å²) < 4.78 is 68.0. The summed E-state index contributed by atoms with van der Waals surface area (Å²) >= 11 is 0.0120. The first-order valence-corrected chi connectivity index (χ1v) is 6.58. The summed E-state index contributed by atoms with van der Waals surface area (Å²) in [6.07, 6.45) is -4.85. The fraction of sp³-hybridized carbons (Fsp3) is 0.231. The van der Waals surface area contributed by atoms with E-state index in [2.05, 4.69) is 4.37 Å². The number of halogens is 5. The zero-order chi connectivity index (χ0) is 16.7. The lowest BCUT2D eigenvalue weighted by Gasteiger charge is -2.11. The Morgan fingerprint density at radius 3 is 2.09 bits per heavy atom. The Bertz CT molecular complexity index is 701. The van der Waals surface area contributed by atoms with Crippen molar-refractivity contribution < 1.29 is 31.9 Å². The van der Waals surface area contributed by atoms with Crippen LogP contribution in [0, 0.1) is 0 Å². The predicted molar refractivity (Wildman–Crippen MR) is 69.1 cm³/mol. The molecule has 0 aliphatic rings. The fourth-order valence-electron chi connectivity index (χ4n) is 1.80. The van der Waals surface area contributed by atoms with Crippen LogP contribution in [0.1, 0.15) is 27.7 Å². The number of carboxylic acid groups (broad SMARTS) is 1. The van der Waals surface area contributed by atoms with Gasteiger partial charge in [0, 0.05) is 18.1 Å². The van der Waals surface area contributed by atoms with Gasteiger partial charge in [-0.25, -0.2) is 13.6 Å². The van der Waals surface area contributed by atoms with E-state index < -0.39 is 34.2 Å². The summed E-state index contributed by atoms with van der Waals surface area (Å²) in [6, 6.07) is 4.28. The summed E-state index contributed by atoms with van der Waals surface area (Å²) in [5.74, 6) is -4.88. The monoisotopic (exact) mass is 337 g/mol. The van der Waals surface area contributed by atoms with E-state index in [1.54, 1.807) is 0 Å². The van der Waals surface area contributed by atoms with Gasteiger partial charge in [0.15, 0.2) is 0 Å². The Balaban J connectivity index is 2.54. The molecule has 0 amide bonds. The number of carbonyl (C=O) groups is 1. The van der Waals surface area contributed by atoms with Crippen LogP contribution in [0.2, 0.25) is 0 Å². The molecule has 2 rings (SSSR count). The SMILES string of the molecule is CC(F)(F)c1ccc(-c2nsc(C(F)(F)F)c2C(=O)O)cc1. The van der Waals surface area contributed by atoms with Gasteiger partial charge in [0.25, 0.3) is 5.92 Å². The normalized spacial score (nSPS) is 12.5. The van der Waals surface area contributed by atoms with Gasteiger partial charge in [-0.1, -0.05) is 24.3 Å². The van der Waals surface area contributed by atoms with Crippen molar-refractivity contribution in [1.82, 2.24) is 4.37 Å². The van der Waals surface area contributed by atoms with E-state index in [4.69, 9.17) is 5.11 Å². The van der Waals surface area contributed by atoms with E-state index in [0.29, 0.717) is 6.92 Å². The summed E-state index contributed by atoms with van der Waals surface area (Å²) in [4.78, 5) is 9.76. The number of rotatable bonds is 3. The van der Waals surface area contributed by atoms with Crippen molar-refractivity contribution in [3.63, 3.8) is 0 Å². The molecule has 22 heavy (non-hydrogen) atoms. The quantitative estimate of drug-likeness (QED) is 0.830. The molecular formula is C13H8F5NO2S. The van der Waals surface area contributed by atoms with E-state index in [1.165, 1.54) is 0 Å². The number of aromatic carboxylic acids is 1. The van der Waals surface area contributed by atoms with Crippen LogP contribution in [0.25, 0.3) is 11.3 Å². The number of hydrogen-bond acceptors (Lipinski definition) is 3. The first-order valence-electron chi connectivity index (χ1n) is 5.80. The van der Waals surface area contributed by atoms with Gasteiger partial charge in [-0.3, -0.25) is 0 Å². The van der Waals surface area contributed by atoms with Crippen LogP contribution in [0.15, 0.2) is 24.3 Å². The van der Waals surface area contributed by atoms with Crippen molar-refractivity contribution in [2.24, 2.45) is 0 Å². The van der Waals surface area contributed by atoms with Crippen molar-refractivity contribution in [1.29, 1.82) is 0 Å². The first kappa shape index (κ1) is 16.3. The van der Waals surface area contributed by atoms with Crippen LogP contribution in [-0.2, 0) is 12.1 Å². The number of aromatic nitrogens is 1. The minimum Gasteiger partial charge on any atom is -0.478 e. The third-order valence-corrected chi connectivity index (χ3v) is 3.72. The molecule has 2 aromatic rings. The molecule has 0 unspecified atom stereocenters. The molecule has 0 atom stereocenters. The van der Waals surface area contributed by atoms with Gasteiger partial charge in [-0.2, -0.15) is 17.5 Å². The molecule has 1 heterocycles. The number of carboxylic acids is 1. The van der Waals surface area contributed by atoms with Crippen molar-refractivity contribution in [2.75, 3.05) is 0 Å². The van der Waals surface area contributed by atoms with Crippen LogP contribution in [0.3, 0.4) is 0 Å². The second kappa shape index (κ2) is 5.31. The Morgan fingerprint density at radius 1 is 1.14 bits per heavy atom. The fourth-order valence-corrected chi connectivity index (χ4v) is 2.56. The van der Waals surface area contributed by atoms with Gasteiger partial charge in [0.1, 0.15) is 10.4 Å². The Morgan fingerprint density at radius 2 is 1.68 bits per heavy atom. The van der Waals surface area contributed by atoms with Gasteiger partial charge in [0.05, 0.1) is 5.69 Å². The van der Waals surface area contributed by atoms with E-state index in [1.807, 2.05) is 0 Å². The zero-order valence-electron chi connectivity index (χ0n) is 10.9. The van der Waals surface area contributed by atoms with Gasteiger partial charge in [0.2, 0.25) is 0 Å². The molecular weight excluding hydrogens is 329 g/mol.